The maximum Gasteiger partial charge on any atom is 0.191 e. The number of nitrogens with zero attached hydrogens (tertiary/aromatic N) is 1. The van der Waals surface area contributed by atoms with Crippen LogP contribution in [0.15, 0.2) is 65.8 Å². The summed E-state index contributed by atoms with van der Waals surface area (Å²) in [5.41, 5.74) is 4.71. The minimum absolute atomic E-state index is 0.414. The Balaban J connectivity index is 1.80. The average Bonchev–Trinajstić information content (AvgIpc) is 2.55. The SMILES string of the molecule is COc1cccc(NC(=S)N/N=C/C=C/c2ccccc2)c1. The van der Waals surface area contributed by atoms with Crippen LogP contribution in [0.2, 0.25) is 0 Å². The highest BCUT2D eigenvalue weighted by molar-refractivity contribution is 7.80. The molecule has 112 valence electrons. The van der Waals surface area contributed by atoms with Crippen LogP contribution in [0.3, 0.4) is 0 Å². The summed E-state index contributed by atoms with van der Waals surface area (Å²) in [7, 11) is 1.62. The molecular weight excluding hydrogens is 294 g/mol. The molecule has 0 saturated heterocycles. The van der Waals surface area contributed by atoms with Gasteiger partial charge in [-0.25, -0.2) is 0 Å². The fourth-order valence-electron chi connectivity index (χ4n) is 1.72. The third kappa shape index (κ3) is 5.38. The zero-order chi connectivity index (χ0) is 15.6. The van der Waals surface area contributed by atoms with Gasteiger partial charge in [0.15, 0.2) is 5.11 Å². The van der Waals surface area contributed by atoms with Crippen LogP contribution in [0.25, 0.3) is 6.08 Å². The van der Waals surface area contributed by atoms with Crippen molar-refractivity contribution in [3.05, 3.63) is 66.2 Å². The number of rotatable bonds is 5. The van der Waals surface area contributed by atoms with Crippen LogP contribution in [0.5, 0.6) is 5.75 Å². The van der Waals surface area contributed by atoms with E-state index in [-0.39, 0.29) is 0 Å². The molecule has 0 aromatic heterocycles. The Bertz CT molecular complexity index is 669. The van der Waals surface area contributed by atoms with E-state index in [1.807, 2.05) is 66.7 Å². The first kappa shape index (κ1) is 15.7. The van der Waals surface area contributed by atoms with Crippen molar-refractivity contribution in [3.8, 4) is 5.75 Å². The molecule has 22 heavy (non-hydrogen) atoms. The monoisotopic (exact) mass is 311 g/mol. The first-order valence-electron chi connectivity index (χ1n) is 6.74. The van der Waals surface area contributed by atoms with Gasteiger partial charge in [0.05, 0.1) is 7.11 Å². The molecule has 0 bridgehead atoms. The van der Waals surface area contributed by atoms with E-state index in [0.717, 1.165) is 17.0 Å². The number of hydrogen-bond acceptors (Lipinski definition) is 3. The molecule has 0 heterocycles. The van der Waals surface area contributed by atoms with Crippen molar-refractivity contribution in [2.24, 2.45) is 5.10 Å². The summed E-state index contributed by atoms with van der Waals surface area (Å²) in [6, 6.07) is 17.5. The fraction of sp³-hybridized carbons (Fsp3) is 0.0588. The van der Waals surface area contributed by atoms with Crippen LogP contribution < -0.4 is 15.5 Å². The van der Waals surface area contributed by atoms with Crippen LogP contribution in [-0.4, -0.2) is 18.4 Å². The topological polar surface area (TPSA) is 45.6 Å². The molecule has 2 rings (SSSR count). The Morgan fingerprint density at radius 1 is 1.14 bits per heavy atom. The highest BCUT2D eigenvalue weighted by Gasteiger charge is 1.97. The van der Waals surface area contributed by atoms with Crippen LogP contribution in [0.4, 0.5) is 5.69 Å². The third-order valence-corrected chi connectivity index (χ3v) is 2.94. The zero-order valence-electron chi connectivity index (χ0n) is 12.2. The first-order valence-corrected chi connectivity index (χ1v) is 7.14. The molecule has 2 aromatic carbocycles. The minimum atomic E-state index is 0.414. The molecule has 0 aliphatic carbocycles. The van der Waals surface area contributed by atoms with Crippen LogP contribution in [0.1, 0.15) is 5.56 Å². The summed E-state index contributed by atoms with van der Waals surface area (Å²) in [6.07, 6.45) is 5.45. The van der Waals surface area contributed by atoms with Crippen molar-refractivity contribution in [2.75, 3.05) is 12.4 Å². The molecule has 5 heteroatoms. The number of allylic oxidation sites excluding steroid dienone is 1. The van der Waals surface area contributed by atoms with E-state index in [1.54, 1.807) is 13.3 Å². The van der Waals surface area contributed by atoms with Gasteiger partial charge < -0.3 is 10.1 Å². The summed E-state index contributed by atoms with van der Waals surface area (Å²) < 4.78 is 5.15. The van der Waals surface area contributed by atoms with E-state index >= 15 is 0 Å². The van der Waals surface area contributed by atoms with Crippen molar-refractivity contribution >= 4 is 35.3 Å². The number of thiocarbonyl (C=S) groups is 1. The van der Waals surface area contributed by atoms with Gasteiger partial charge in [-0.1, -0.05) is 42.5 Å². The van der Waals surface area contributed by atoms with Gasteiger partial charge >= 0.3 is 0 Å². The highest BCUT2D eigenvalue weighted by atomic mass is 32.1. The Morgan fingerprint density at radius 2 is 1.95 bits per heavy atom. The number of hydrogen-bond donors (Lipinski definition) is 2. The smallest absolute Gasteiger partial charge is 0.191 e. The lowest BCUT2D eigenvalue weighted by atomic mass is 10.2. The predicted molar refractivity (Wildman–Crippen MR) is 96.3 cm³/mol. The molecular formula is C17H17N3OS. The molecule has 2 aromatic rings. The lowest BCUT2D eigenvalue weighted by Crippen LogP contribution is -2.23. The molecule has 0 atom stereocenters. The summed E-state index contributed by atoms with van der Waals surface area (Å²) in [5, 5.41) is 7.47. The van der Waals surface area contributed by atoms with Crippen molar-refractivity contribution < 1.29 is 4.74 Å². The lowest BCUT2D eigenvalue weighted by molar-refractivity contribution is 0.415. The van der Waals surface area contributed by atoms with Gasteiger partial charge in [0.25, 0.3) is 0 Å². The van der Waals surface area contributed by atoms with E-state index in [0.29, 0.717) is 5.11 Å². The second-order valence-corrected chi connectivity index (χ2v) is 4.75. The molecule has 0 spiro atoms. The van der Waals surface area contributed by atoms with Gasteiger partial charge in [0.2, 0.25) is 0 Å². The predicted octanol–water partition coefficient (Wildman–Crippen LogP) is 3.68. The first-order chi connectivity index (χ1) is 10.8. The van der Waals surface area contributed by atoms with Crippen LogP contribution in [-0.2, 0) is 0 Å². The highest BCUT2D eigenvalue weighted by Crippen LogP contribution is 2.16. The largest absolute Gasteiger partial charge is 0.497 e. The number of nitrogens with one attached hydrogen (secondary N) is 2. The van der Waals surface area contributed by atoms with E-state index in [4.69, 9.17) is 17.0 Å². The van der Waals surface area contributed by atoms with E-state index in [2.05, 4.69) is 15.8 Å². The fourth-order valence-corrected chi connectivity index (χ4v) is 1.89. The Labute approximate surface area is 135 Å². The normalized spacial score (nSPS) is 10.8. The molecule has 2 N–H and O–H groups in total. The van der Waals surface area contributed by atoms with Gasteiger partial charge in [-0.15, -0.1) is 0 Å². The number of hydrazone groups is 1. The van der Waals surface area contributed by atoms with E-state index < -0.39 is 0 Å². The van der Waals surface area contributed by atoms with Gasteiger partial charge in [0, 0.05) is 18.0 Å². The third-order valence-electron chi connectivity index (χ3n) is 2.74. The Kier molecular flexibility index (Phi) is 6.14. The minimum Gasteiger partial charge on any atom is -0.497 e. The molecule has 0 aliphatic rings. The van der Waals surface area contributed by atoms with Crippen LogP contribution in [0, 0.1) is 0 Å². The van der Waals surface area contributed by atoms with Gasteiger partial charge in [-0.05, 0) is 36.0 Å². The second kappa shape index (κ2) is 8.59. The molecule has 0 saturated carbocycles. The molecule has 0 amide bonds. The lowest BCUT2D eigenvalue weighted by Gasteiger charge is -2.07. The summed E-state index contributed by atoms with van der Waals surface area (Å²) >= 11 is 5.16. The molecule has 0 fully saturated rings. The Hall–Kier alpha value is -2.66. The summed E-state index contributed by atoms with van der Waals surface area (Å²) in [5.74, 6) is 0.766. The number of ether oxygens (including phenoxy) is 1. The molecule has 0 unspecified atom stereocenters. The summed E-state index contributed by atoms with van der Waals surface area (Å²) in [6.45, 7) is 0. The van der Waals surface area contributed by atoms with Crippen molar-refractivity contribution in [1.29, 1.82) is 0 Å². The molecule has 0 aliphatic heterocycles. The van der Waals surface area contributed by atoms with E-state index in [1.165, 1.54) is 0 Å². The molecule has 4 nitrogen and oxygen atoms in total. The van der Waals surface area contributed by atoms with Crippen molar-refractivity contribution in [2.45, 2.75) is 0 Å². The van der Waals surface area contributed by atoms with E-state index in [9.17, 15) is 0 Å². The number of anilines is 1. The van der Waals surface area contributed by atoms with Crippen LogP contribution >= 0.6 is 12.2 Å². The zero-order valence-corrected chi connectivity index (χ0v) is 13.0. The maximum atomic E-state index is 5.16. The van der Waals surface area contributed by atoms with Gasteiger partial charge in [0.1, 0.15) is 5.75 Å². The number of benzene rings is 2. The van der Waals surface area contributed by atoms with Gasteiger partial charge in [-0.2, -0.15) is 5.10 Å². The second-order valence-electron chi connectivity index (χ2n) is 4.35. The maximum absolute atomic E-state index is 5.16. The van der Waals surface area contributed by atoms with Gasteiger partial charge in [-0.3, -0.25) is 5.43 Å². The molecule has 0 radical (unpaired) electrons. The quantitative estimate of drug-likeness (QED) is 0.502. The average molecular weight is 311 g/mol. The number of methoxy groups -OCH3 is 1. The standard InChI is InChI=1S/C17H17N3OS/c1-21-16-11-5-10-15(13-16)19-17(22)20-18-12-6-9-14-7-3-2-4-8-14/h2-13H,1H3,(H2,19,20,22)/b9-6+,18-12+. The Morgan fingerprint density at radius 3 is 2.73 bits per heavy atom. The summed E-state index contributed by atoms with van der Waals surface area (Å²) in [4.78, 5) is 0. The van der Waals surface area contributed by atoms with Crippen molar-refractivity contribution in [1.82, 2.24) is 5.43 Å². The van der Waals surface area contributed by atoms with Crippen molar-refractivity contribution in [3.63, 3.8) is 0 Å².